The maximum absolute atomic E-state index is 8.96. The second-order valence-corrected chi connectivity index (χ2v) is 3.24. The topological polar surface area (TPSA) is 23.8 Å². The van der Waals surface area contributed by atoms with E-state index < -0.39 is 0 Å². The van der Waals surface area contributed by atoms with Crippen LogP contribution >= 0.6 is 0 Å². The summed E-state index contributed by atoms with van der Waals surface area (Å²) in [6.07, 6.45) is 5.34. The number of nitrogens with zero attached hydrogens (tertiary/aromatic N) is 1. The maximum atomic E-state index is 8.96. The fourth-order valence-electron chi connectivity index (χ4n) is 1.30. The van der Waals surface area contributed by atoms with Crippen LogP contribution in [-0.4, -0.2) is 0 Å². The summed E-state index contributed by atoms with van der Waals surface area (Å²) in [5.41, 5.74) is 1.81. The monoisotopic (exact) mass is 185 g/mol. The second-order valence-electron chi connectivity index (χ2n) is 3.24. The normalized spacial score (nSPS) is 11.0. The molecule has 0 aliphatic rings. The van der Waals surface area contributed by atoms with Crippen molar-refractivity contribution in [1.82, 2.24) is 0 Å². The first-order valence-corrected chi connectivity index (χ1v) is 5.04. The molecule has 0 atom stereocenters. The molecular weight excluding hydrogens is 170 g/mol. The summed E-state index contributed by atoms with van der Waals surface area (Å²) in [4.78, 5) is 0. The first kappa shape index (κ1) is 10.5. The van der Waals surface area contributed by atoms with Crippen LogP contribution in [-0.2, 0) is 0 Å². The summed E-state index contributed by atoms with van der Waals surface area (Å²) >= 11 is 0. The molecule has 0 amide bonds. The molecule has 0 saturated carbocycles. The Bertz CT molecular complexity index is 330. The van der Waals surface area contributed by atoms with Gasteiger partial charge in [-0.3, -0.25) is 0 Å². The number of hydrogen-bond donors (Lipinski definition) is 0. The van der Waals surface area contributed by atoms with Crippen LogP contribution in [0.1, 0.15) is 31.7 Å². The van der Waals surface area contributed by atoms with Crippen LogP contribution in [0.3, 0.4) is 0 Å². The molecule has 1 aromatic rings. The Morgan fingerprint density at radius 3 is 2.64 bits per heavy atom. The van der Waals surface area contributed by atoms with Crippen LogP contribution in [0.2, 0.25) is 0 Å². The minimum Gasteiger partial charge on any atom is -0.192 e. The van der Waals surface area contributed by atoms with Crippen LogP contribution in [0.15, 0.2) is 36.4 Å². The van der Waals surface area contributed by atoms with Gasteiger partial charge >= 0.3 is 0 Å². The van der Waals surface area contributed by atoms with Gasteiger partial charge in [0.25, 0.3) is 0 Å². The highest BCUT2D eigenvalue weighted by Crippen LogP contribution is 2.14. The van der Waals surface area contributed by atoms with Gasteiger partial charge in [-0.05, 0) is 12.0 Å². The van der Waals surface area contributed by atoms with Crippen molar-refractivity contribution in [2.45, 2.75) is 26.2 Å². The van der Waals surface area contributed by atoms with Crippen molar-refractivity contribution in [2.24, 2.45) is 0 Å². The van der Waals surface area contributed by atoms with Gasteiger partial charge in [-0.25, -0.2) is 0 Å². The molecule has 0 spiro atoms. The summed E-state index contributed by atoms with van der Waals surface area (Å²) in [6.45, 7) is 2.16. The van der Waals surface area contributed by atoms with Crippen LogP contribution in [0.4, 0.5) is 0 Å². The summed E-state index contributed by atoms with van der Waals surface area (Å²) in [5, 5.41) is 8.96. The van der Waals surface area contributed by atoms with Gasteiger partial charge in [-0.2, -0.15) is 5.26 Å². The highest BCUT2D eigenvalue weighted by molar-refractivity contribution is 5.76. The summed E-state index contributed by atoms with van der Waals surface area (Å²) < 4.78 is 0. The Kier molecular flexibility index (Phi) is 4.50. The minimum atomic E-state index is 0.791. The molecule has 1 nitrogen and oxygen atoms in total. The molecule has 0 aliphatic carbocycles. The summed E-state index contributed by atoms with van der Waals surface area (Å²) in [6, 6.07) is 12.1. The summed E-state index contributed by atoms with van der Waals surface area (Å²) in [7, 11) is 0. The number of nitriles is 1. The predicted molar refractivity (Wildman–Crippen MR) is 59.6 cm³/mol. The average Bonchev–Trinajstić information content (AvgIpc) is 2.26. The zero-order valence-corrected chi connectivity index (χ0v) is 8.53. The smallest absolute Gasteiger partial charge is 0.0994 e. The Labute approximate surface area is 85.7 Å². The van der Waals surface area contributed by atoms with E-state index in [9.17, 15) is 0 Å². The van der Waals surface area contributed by atoms with Crippen molar-refractivity contribution < 1.29 is 0 Å². The van der Waals surface area contributed by atoms with Gasteiger partial charge in [0.2, 0.25) is 0 Å². The fraction of sp³-hybridized carbons (Fsp3) is 0.308. The lowest BCUT2D eigenvalue weighted by Crippen LogP contribution is -1.80. The van der Waals surface area contributed by atoms with Gasteiger partial charge in [-0.15, -0.1) is 0 Å². The molecule has 0 heterocycles. The van der Waals surface area contributed by atoms with E-state index in [1.807, 2.05) is 36.4 Å². The molecular formula is C13H15N. The average molecular weight is 185 g/mol. The molecule has 0 radical (unpaired) electrons. The molecule has 0 saturated heterocycles. The molecule has 1 heteroatoms. The zero-order valence-electron chi connectivity index (χ0n) is 8.53. The van der Waals surface area contributed by atoms with E-state index in [-0.39, 0.29) is 0 Å². The Hall–Kier alpha value is -1.55. The van der Waals surface area contributed by atoms with Crippen LogP contribution in [0.5, 0.6) is 0 Å². The third-order valence-electron chi connectivity index (χ3n) is 2.11. The fourth-order valence-corrected chi connectivity index (χ4v) is 1.30. The van der Waals surface area contributed by atoms with Crippen molar-refractivity contribution in [2.75, 3.05) is 0 Å². The molecule has 0 fully saturated rings. The largest absolute Gasteiger partial charge is 0.192 e. The lowest BCUT2D eigenvalue weighted by molar-refractivity contribution is 0.816. The number of hydrogen-bond acceptors (Lipinski definition) is 1. The molecule has 1 rings (SSSR count). The molecule has 14 heavy (non-hydrogen) atoms. The van der Waals surface area contributed by atoms with Crippen molar-refractivity contribution in [1.29, 1.82) is 5.26 Å². The number of allylic oxidation sites excluding steroid dienone is 2. The third kappa shape index (κ3) is 3.06. The van der Waals surface area contributed by atoms with E-state index in [4.69, 9.17) is 5.26 Å². The van der Waals surface area contributed by atoms with Crippen molar-refractivity contribution in [3.05, 3.63) is 42.0 Å². The molecule has 72 valence electrons. The van der Waals surface area contributed by atoms with Gasteiger partial charge in [0.05, 0.1) is 11.6 Å². The lowest BCUT2D eigenvalue weighted by atomic mass is 10.1. The van der Waals surface area contributed by atoms with E-state index in [0.717, 1.165) is 24.0 Å². The van der Waals surface area contributed by atoms with Gasteiger partial charge < -0.3 is 0 Å². The van der Waals surface area contributed by atoms with E-state index in [0.29, 0.717) is 0 Å². The molecule has 0 bridgehead atoms. The number of benzene rings is 1. The molecule has 1 aromatic carbocycles. The summed E-state index contributed by atoms with van der Waals surface area (Å²) in [5.74, 6) is 0. The minimum absolute atomic E-state index is 0.791. The first-order chi connectivity index (χ1) is 6.88. The second kappa shape index (κ2) is 5.99. The Balaban J connectivity index is 2.74. The van der Waals surface area contributed by atoms with E-state index in [1.54, 1.807) is 0 Å². The van der Waals surface area contributed by atoms with Crippen LogP contribution < -0.4 is 0 Å². The first-order valence-electron chi connectivity index (χ1n) is 5.04. The Morgan fingerprint density at radius 1 is 1.36 bits per heavy atom. The van der Waals surface area contributed by atoms with E-state index in [1.165, 1.54) is 6.42 Å². The lowest BCUT2D eigenvalue weighted by Gasteiger charge is -1.97. The predicted octanol–water partition coefficient (Wildman–Crippen LogP) is 3.78. The van der Waals surface area contributed by atoms with Gasteiger partial charge in [0.1, 0.15) is 0 Å². The number of unbranched alkanes of at least 4 members (excludes halogenated alkanes) is 2. The molecule has 0 aliphatic heterocycles. The molecule has 0 N–H and O–H groups in total. The van der Waals surface area contributed by atoms with Crippen molar-refractivity contribution in [3.8, 4) is 6.07 Å². The van der Waals surface area contributed by atoms with Gasteiger partial charge in [-0.1, -0.05) is 56.2 Å². The van der Waals surface area contributed by atoms with Gasteiger partial charge in [0.15, 0.2) is 0 Å². The highest BCUT2D eigenvalue weighted by atomic mass is 14.2. The maximum Gasteiger partial charge on any atom is 0.0994 e. The Morgan fingerprint density at radius 2 is 2.07 bits per heavy atom. The quantitative estimate of drug-likeness (QED) is 0.517. The molecule has 0 aromatic heterocycles. The van der Waals surface area contributed by atoms with Crippen molar-refractivity contribution >= 4 is 5.57 Å². The zero-order chi connectivity index (χ0) is 10.2. The van der Waals surface area contributed by atoms with E-state index >= 15 is 0 Å². The molecule has 0 unspecified atom stereocenters. The van der Waals surface area contributed by atoms with Crippen LogP contribution in [0, 0.1) is 11.3 Å². The third-order valence-corrected chi connectivity index (χ3v) is 2.11. The van der Waals surface area contributed by atoms with Gasteiger partial charge in [0, 0.05) is 0 Å². The SMILES string of the molecule is CCCC/C=C(/C#N)c1ccccc1. The van der Waals surface area contributed by atoms with Crippen LogP contribution in [0.25, 0.3) is 5.57 Å². The van der Waals surface area contributed by atoms with E-state index in [2.05, 4.69) is 13.0 Å². The number of rotatable bonds is 4. The standard InChI is InChI=1S/C13H15N/c1-2-3-5-10-13(11-14)12-8-6-4-7-9-12/h4,6-10H,2-3,5H2,1H3/b13-10-. The van der Waals surface area contributed by atoms with Crippen molar-refractivity contribution in [3.63, 3.8) is 0 Å². The highest BCUT2D eigenvalue weighted by Gasteiger charge is 1.97.